The van der Waals surface area contributed by atoms with E-state index in [0.717, 1.165) is 11.6 Å². The van der Waals surface area contributed by atoms with Gasteiger partial charge in [-0.3, -0.25) is 9.59 Å². The Balaban J connectivity index is 3.07. The summed E-state index contributed by atoms with van der Waals surface area (Å²) in [6, 6.07) is 1.68. The fraction of sp³-hybridized carbons (Fsp3) is 0.111. The summed E-state index contributed by atoms with van der Waals surface area (Å²) < 4.78 is 0. The van der Waals surface area contributed by atoms with Crippen LogP contribution in [0.15, 0.2) is 23.1 Å². The lowest BCUT2D eigenvalue weighted by molar-refractivity contribution is -0.113. The number of primary amides is 1. The molecule has 1 amide bonds. The van der Waals surface area contributed by atoms with Gasteiger partial charge < -0.3 is 10.7 Å². The van der Waals surface area contributed by atoms with Crippen molar-refractivity contribution in [3.05, 3.63) is 39.8 Å². The zero-order chi connectivity index (χ0) is 9.84. The van der Waals surface area contributed by atoms with Crippen molar-refractivity contribution in [1.82, 2.24) is 4.98 Å². The fourth-order valence-corrected chi connectivity index (χ4v) is 0.911. The number of nitrogens with two attached hydrogens (primary N) is 1. The number of amides is 1. The Morgan fingerprint density at radius 2 is 2.31 bits per heavy atom. The zero-order valence-corrected chi connectivity index (χ0v) is 7.20. The maximum Gasteiger partial charge on any atom is 0.255 e. The van der Waals surface area contributed by atoms with Gasteiger partial charge in [-0.15, -0.1) is 0 Å². The predicted octanol–water partition coefficient (Wildman–Crippen LogP) is 0.182. The van der Waals surface area contributed by atoms with Gasteiger partial charge in [0.1, 0.15) is 0 Å². The second kappa shape index (κ2) is 3.71. The van der Waals surface area contributed by atoms with Gasteiger partial charge in [-0.1, -0.05) is 0 Å². The van der Waals surface area contributed by atoms with Crippen LogP contribution in [-0.4, -0.2) is 10.9 Å². The normalized spacial score (nSPS) is 10.5. The first-order valence-electron chi connectivity index (χ1n) is 3.76. The van der Waals surface area contributed by atoms with E-state index in [1.165, 1.54) is 6.08 Å². The molecule has 0 unspecified atom stereocenters. The van der Waals surface area contributed by atoms with Gasteiger partial charge in [-0.05, 0) is 24.6 Å². The van der Waals surface area contributed by atoms with E-state index in [1.807, 2.05) is 6.92 Å². The first-order valence-corrected chi connectivity index (χ1v) is 3.76. The number of hydrogen-bond donors (Lipinski definition) is 2. The van der Waals surface area contributed by atoms with E-state index < -0.39 is 5.91 Å². The molecule has 0 saturated carbocycles. The number of rotatable bonds is 2. The molecule has 0 aromatic carbocycles. The number of aryl methyl sites for hydroxylation is 1. The largest absolute Gasteiger partial charge is 0.366 e. The molecule has 1 aromatic rings. The lowest BCUT2D eigenvalue weighted by Crippen LogP contribution is -2.10. The van der Waals surface area contributed by atoms with Gasteiger partial charge in [0.2, 0.25) is 5.91 Å². The molecule has 4 heteroatoms. The molecular weight excluding hydrogens is 168 g/mol. The standard InChI is InChI=1S/C9H10N2O2/c1-6-4-7(2-3-8(10)12)9(13)11-5-6/h2-5H,1H3,(H2,10,12)(H,11,13). The molecule has 0 bridgehead atoms. The van der Waals surface area contributed by atoms with Gasteiger partial charge >= 0.3 is 0 Å². The fourth-order valence-electron chi connectivity index (χ4n) is 0.911. The molecule has 1 aromatic heterocycles. The van der Waals surface area contributed by atoms with Crippen LogP contribution in [0.5, 0.6) is 0 Å². The molecular formula is C9H10N2O2. The van der Waals surface area contributed by atoms with Crippen molar-refractivity contribution in [2.75, 3.05) is 0 Å². The molecule has 1 heterocycles. The van der Waals surface area contributed by atoms with Crippen LogP contribution in [0, 0.1) is 6.92 Å². The zero-order valence-electron chi connectivity index (χ0n) is 7.20. The Morgan fingerprint density at radius 3 is 2.92 bits per heavy atom. The predicted molar refractivity (Wildman–Crippen MR) is 50.0 cm³/mol. The Labute approximate surface area is 75.1 Å². The third-order valence-corrected chi connectivity index (χ3v) is 1.50. The van der Waals surface area contributed by atoms with Crippen molar-refractivity contribution in [3.63, 3.8) is 0 Å². The summed E-state index contributed by atoms with van der Waals surface area (Å²) in [6.45, 7) is 1.84. The summed E-state index contributed by atoms with van der Waals surface area (Å²) in [5.74, 6) is -0.569. The van der Waals surface area contributed by atoms with Gasteiger partial charge in [0.15, 0.2) is 0 Å². The summed E-state index contributed by atoms with van der Waals surface area (Å²) in [5, 5.41) is 0. The van der Waals surface area contributed by atoms with Gasteiger partial charge in [-0.25, -0.2) is 0 Å². The van der Waals surface area contributed by atoms with Gasteiger partial charge in [-0.2, -0.15) is 0 Å². The highest BCUT2D eigenvalue weighted by Crippen LogP contribution is 1.97. The van der Waals surface area contributed by atoms with E-state index in [2.05, 4.69) is 4.98 Å². The topological polar surface area (TPSA) is 75.9 Å². The summed E-state index contributed by atoms with van der Waals surface area (Å²) in [4.78, 5) is 24.1. The van der Waals surface area contributed by atoms with Crippen LogP contribution >= 0.6 is 0 Å². The number of hydrogen-bond acceptors (Lipinski definition) is 2. The maximum absolute atomic E-state index is 11.1. The number of aromatic amines is 1. The Hall–Kier alpha value is -1.84. The smallest absolute Gasteiger partial charge is 0.255 e. The quantitative estimate of drug-likeness (QED) is 0.634. The molecule has 0 aliphatic rings. The Bertz CT molecular complexity index is 404. The molecule has 0 aliphatic heterocycles. The van der Waals surface area contributed by atoms with E-state index >= 15 is 0 Å². The minimum Gasteiger partial charge on any atom is -0.366 e. The number of H-pyrrole nitrogens is 1. The Morgan fingerprint density at radius 1 is 1.62 bits per heavy atom. The molecule has 0 saturated heterocycles. The van der Waals surface area contributed by atoms with Crippen LogP contribution in [0.1, 0.15) is 11.1 Å². The first-order chi connectivity index (χ1) is 6.09. The van der Waals surface area contributed by atoms with Crippen LogP contribution in [0.4, 0.5) is 0 Å². The average molecular weight is 178 g/mol. The summed E-state index contributed by atoms with van der Waals surface area (Å²) >= 11 is 0. The van der Waals surface area contributed by atoms with Crippen LogP contribution < -0.4 is 11.3 Å². The minimum atomic E-state index is -0.569. The van der Waals surface area contributed by atoms with Crippen molar-refractivity contribution < 1.29 is 4.79 Å². The lowest BCUT2D eigenvalue weighted by Gasteiger charge is -1.93. The van der Waals surface area contributed by atoms with Crippen molar-refractivity contribution in [2.45, 2.75) is 6.92 Å². The highest BCUT2D eigenvalue weighted by molar-refractivity contribution is 5.90. The lowest BCUT2D eigenvalue weighted by atomic mass is 10.2. The van der Waals surface area contributed by atoms with Crippen LogP contribution in [0.3, 0.4) is 0 Å². The average Bonchev–Trinajstić information content (AvgIpc) is 2.06. The molecule has 3 N–H and O–H groups in total. The van der Waals surface area contributed by atoms with Crippen molar-refractivity contribution in [3.8, 4) is 0 Å². The van der Waals surface area contributed by atoms with E-state index in [0.29, 0.717) is 5.56 Å². The molecule has 1 rings (SSSR count). The highest BCUT2D eigenvalue weighted by Gasteiger charge is 1.95. The molecule has 0 aliphatic carbocycles. The maximum atomic E-state index is 11.1. The number of nitrogens with one attached hydrogen (secondary N) is 1. The van der Waals surface area contributed by atoms with Crippen LogP contribution in [0.2, 0.25) is 0 Å². The number of aromatic nitrogens is 1. The molecule has 0 fully saturated rings. The molecule has 0 atom stereocenters. The monoisotopic (exact) mass is 178 g/mol. The molecule has 13 heavy (non-hydrogen) atoms. The van der Waals surface area contributed by atoms with Crippen LogP contribution in [0.25, 0.3) is 6.08 Å². The van der Waals surface area contributed by atoms with E-state index in [1.54, 1.807) is 12.3 Å². The van der Waals surface area contributed by atoms with Crippen LogP contribution in [-0.2, 0) is 4.79 Å². The highest BCUT2D eigenvalue weighted by atomic mass is 16.1. The second-order valence-corrected chi connectivity index (χ2v) is 2.70. The minimum absolute atomic E-state index is 0.233. The first kappa shape index (κ1) is 9.25. The summed E-state index contributed by atoms with van der Waals surface area (Å²) in [6.07, 6.45) is 4.15. The van der Waals surface area contributed by atoms with Gasteiger partial charge in [0.05, 0.1) is 0 Å². The third kappa shape index (κ3) is 2.59. The molecule has 4 nitrogen and oxygen atoms in total. The molecule has 0 spiro atoms. The number of carbonyl (C=O) groups excluding carboxylic acids is 1. The van der Waals surface area contributed by atoms with Crippen molar-refractivity contribution in [1.29, 1.82) is 0 Å². The summed E-state index contributed by atoms with van der Waals surface area (Å²) in [5.41, 5.74) is 6.01. The Kier molecular flexibility index (Phi) is 2.64. The molecule has 68 valence electrons. The third-order valence-electron chi connectivity index (χ3n) is 1.50. The van der Waals surface area contributed by atoms with Crippen molar-refractivity contribution in [2.24, 2.45) is 5.73 Å². The van der Waals surface area contributed by atoms with Gasteiger partial charge in [0.25, 0.3) is 5.56 Å². The summed E-state index contributed by atoms with van der Waals surface area (Å²) in [7, 11) is 0. The number of pyridine rings is 1. The molecule has 0 radical (unpaired) electrons. The van der Waals surface area contributed by atoms with Crippen molar-refractivity contribution >= 4 is 12.0 Å². The van der Waals surface area contributed by atoms with E-state index in [-0.39, 0.29) is 5.56 Å². The van der Waals surface area contributed by atoms with E-state index in [9.17, 15) is 9.59 Å². The SMILES string of the molecule is Cc1c[nH]c(=O)c(C=CC(N)=O)c1. The second-order valence-electron chi connectivity index (χ2n) is 2.70. The van der Waals surface area contributed by atoms with E-state index in [4.69, 9.17) is 5.73 Å². The number of carbonyl (C=O) groups is 1. The van der Waals surface area contributed by atoms with Gasteiger partial charge in [0, 0.05) is 17.8 Å².